The lowest BCUT2D eigenvalue weighted by atomic mass is 9.94. The highest BCUT2D eigenvalue weighted by molar-refractivity contribution is 6.04. The molecule has 0 fully saturated rings. The molecular weight excluding hydrogens is 454 g/mol. The van der Waals surface area contributed by atoms with E-state index in [0.717, 1.165) is 55.2 Å². The molecule has 2 heterocycles. The lowest BCUT2D eigenvalue weighted by Crippen LogP contribution is -1.88. The average Bonchev–Trinajstić information content (AvgIpc) is 3.47. The molecule has 0 aliphatic heterocycles. The molecule has 0 aliphatic carbocycles. The predicted octanol–water partition coefficient (Wildman–Crippen LogP) is 8.44. The molecular formula is C33H21N3O. The Morgan fingerprint density at radius 1 is 0.432 bits per heavy atom. The monoisotopic (exact) mass is 475 g/mol. The largest absolute Gasteiger partial charge is 0.416 e. The fraction of sp³-hybridized carbons (Fsp3) is 0. The quantitative estimate of drug-likeness (QED) is 0.256. The SMILES string of the molecule is c1ccc(-c2nnc(-c3ccc(-c4ccc(-c5ccc6ccccc6n5)cc4)c4ccccc34)o2)cc1. The van der Waals surface area contributed by atoms with E-state index in [0.29, 0.717) is 11.8 Å². The summed E-state index contributed by atoms with van der Waals surface area (Å²) >= 11 is 0. The van der Waals surface area contributed by atoms with Crippen LogP contribution >= 0.6 is 0 Å². The molecule has 0 amide bonds. The Morgan fingerprint density at radius 3 is 1.92 bits per heavy atom. The molecule has 0 bridgehead atoms. The van der Waals surface area contributed by atoms with Gasteiger partial charge in [0.2, 0.25) is 11.8 Å². The van der Waals surface area contributed by atoms with Gasteiger partial charge < -0.3 is 4.42 Å². The Hall–Kier alpha value is -5.09. The summed E-state index contributed by atoms with van der Waals surface area (Å²) in [5.41, 5.74) is 7.19. The third kappa shape index (κ3) is 3.85. The number of pyridine rings is 1. The minimum atomic E-state index is 0.513. The van der Waals surface area contributed by atoms with Crippen molar-refractivity contribution in [2.24, 2.45) is 0 Å². The summed E-state index contributed by atoms with van der Waals surface area (Å²) in [4.78, 5) is 4.84. The van der Waals surface area contributed by atoms with Gasteiger partial charge in [-0.2, -0.15) is 0 Å². The van der Waals surface area contributed by atoms with E-state index in [1.165, 1.54) is 0 Å². The second-order valence-corrected chi connectivity index (χ2v) is 8.95. The van der Waals surface area contributed by atoms with E-state index < -0.39 is 0 Å². The molecule has 4 heteroatoms. The summed E-state index contributed by atoms with van der Waals surface area (Å²) < 4.78 is 6.08. The molecule has 7 aromatic rings. The third-order valence-corrected chi connectivity index (χ3v) is 6.69. The van der Waals surface area contributed by atoms with E-state index in [2.05, 4.69) is 83.0 Å². The minimum Gasteiger partial charge on any atom is -0.416 e. The zero-order valence-electron chi connectivity index (χ0n) is 19.9. The van der Waals surface area contributed by atoms with Crippen LogP contribution in [0.15, 0.2) is 132 Å². The predicted molar refractivity (Wildman–Crippen MR) is 149 cm³/mol. The summed E-state index contributed by atoms with van der Waals surface area (Å²) in [6, 6.07) is 43.4. The molecule has 7 rings (SSSR count). The molecule has 0 saturated heterocycles. The highest BCUT2D eigenvalue weighted by Gasteiger charge is 2.15. The van der Waals surface area contributed by atoms with Gasteiger partial charge in [0.15, 0.2) is 0 Å². The van der Waals surface area contributed by atoms with Gasteiger partial charge in [-0.1, -0.05) is 97.1 Å². The maximum absolute atomic E-state index is 6.08. The van der Waals surface area contributed by atoms with Crippen LogP contribution in [0.3, 0.4) is 0 Å². The molecule has 0 spiro atoms. The Balaban J connectivity index is 1.27. The van der Waals surface area contributed by atoms with E-state index in [1.54, 1.807) is 0 Å². The minimum absolute atomic E-state index is 0.513. The van der Waals surface area contributed by atoms with Crippen LogP contribution < -0.4 is 0 Å². The number of benzene rings is 5. The molecule has 0 aliphatic rings. The Bertz CT molecular complexity index is 1870. The van der Waals surface area contributed by atoms with Crippen molar-refractivity contribution in [2.45, 2.75) is 0 Å². The van der Waals surface area contributed by atoms with Crippen molar-refractivity contribution in [1.29, 1.82) is 0 Å². The fourth-order valence-corrected chi connectivity index (χ4v) is 4.81. The van der Waals surface area contributed by atoms with Crippen LogP contribution in [0.5, 0.6) is 0 Å². The zero-order chi connectivity index (χ0) is 24.6. The van der Waals surface area contributed by atoms with Gasteiger partial charge in [0.25, 0.3) is 0 Å². The molecule has 0 N–H and O–H groups in total. The van der Waals surface area contributed by atoms with Gasteiger partial charge in [-0.25, -0.2) is 4.98 Å². The second-order valence-electron chi connectivity index (χ2n) is 8.95. The van der Waals surface area contributed by atoms with Crippen LogP contribution in [0, 0.1) is 0 Å². The van der Waals surface area contributed by atoms with Crippen molar-refractivity contribution < 1.29 is 4.42 Å². The van der Waals surface area contributed by atoms with Crippen LogP contribution in [0.4, 0.5) is 0 Å². The molecule has 0 unspecified atom stereocenters. The van der Waals surface area contributed by atoms with Crippen LogP contribution in [-0.2, 0) is 0 Å². The summed E-state index contributed by atoms with van der Waals surface area (Å²) in [6.07, 6.45) is 0. The number of hydrogen-bond donors (Lipinski definition) is 0. The van der Waals surface area contributed by atoms with Crippen LogP contribution in [0.2, 0.25) is 0 Å². The van der Waals surface area contributed by atoms with E-state index in [-0.39, 0.29) is 0 Å². The number of fused-ring (bicyclic) bond motifs is 2. The van der Waals surface area contributed by atoms with Crippen LogP contribution in [0.1, 0.15) is 0 Å². The first-order valence-corrected chi connectivity index (χ1v) is 12.2. The normalized spacial score (nSPS) is 11.2. The van der Waals surface area contributed by atoms with E-state index >= 15 is 0 Å². The molecule has 0 radical (unpaired) electrons. The lowest BCUT2D eigenvalue weighted by molar-refractivity contribution is 0.585. The van der Waals surface area contributed by atoms with Crippen molar-refractivity contribution in [2.75, 3.05) is 0 Å². The van der Waals surface area contributed by atoms with E-state index in [9.17, 15) is 0 Å². The van der Waals surface area contributed by atoms with Crippen molar-refractivity contribution >= 4 is 21.7 Å². The van der Waals surface area contributed by atoms with Gasteiger partial charge in [0, 0.05) is 22.1 Å². The molecule has 0 saturated carbocycles. The highest BCUT2D eigenvalue weighted by Crippen LogP contribution is 2.36. The topological polar surface area (TPSA) is 51.8 Å². The van der Waals surface area contributed by atoms with Gasteiger partial charge in [-0.05, 0) is 52.2 Å². The molecule has 174 valence electrons. The maximum atomic E-state index is 6.08. The zero-order valence-corrected chi connectivity index (χ0v) is 19.9. The second kappa shape index (κ2) is 8.85. The van der Waals surface area contributed by atoms with E-state index in [4.69, 9.17) is 9.40 Å². The van der Waals surface area contributed by atoms with Crippen molar-refractivity contribution in [3.05, 3.63) is 127 Å². The lowest BCUT2D eigenvalue weighted by Gasteiger charge is -2.11. The number of hydrogen-bond acceptors (Lipinski definition) is 4. The number of nitrogens with zero attached hydrogens (tertiary/aromatic N) is 3. The third-order valence-electron chi connectivity index (χ3n) is 6.69. The van der Waals surface area contributed by atoms with Crippen molar-refractivity contribution in [3.63, 3.8) is 0 Å². The highest BCUT2D eigenvalue weighted by atomic mass is 16.4. The summed E-state index contributed by atoms with van der Waals surface area (Å²) in [7, 11) is 0. The van der Waals surface area contributed by atoms with Gasteiger partial charge in [0.05, 0.1) is 11.2 Å². The van der Waals surface area contributed by atoms with Gasteiger partial charge >= 0.3 is 0 Å². The molecule has 2 aromatic heterocycles. The van der Waals surface area contributed by atoms with Crippen LogP contribution in [-0.4, -0.2) is 15.2 Å². The molecule has 4 nitrogen and oxygen atoms in total. The first kappa shape index (κ1) is 21.2. The Kier molecular flexibility index (Phi) is 5.07. The fourth-order valence-electron chi connectivity index (χ4n) is 4.81. The van der Waals surface area contributed by atoms with Crippen molar-refractivity contribution in [1.82, 2.24) is 15.2 Å². The summed E-state index contributed by atoms with van der Waals surface area (Å²) in [6.45, 7) is 0. The molecule has 0 atom stereocenters. The molecule has 5 aromatic carbocycles. The standard InChI is InChI=1S/C33H21N3O/c1-2-9-25(10-3-1)32-35-36-33(37-32)29-20-19-26(27-11-5-6-12-28(27)29)22-14-16-24(17-15-22)31-21-18-23-8-4-7-13-30(23)34-31/h1-21H. The van der Waals surface area contributed by atoms with Crippen molar-refractivity contribution in [3.8, 4) is 45.3 Å². The average molecular weight is 476 g/mol. The number of para-hydroxylation sites is 1. The first-order chi connectivity index (χ1) is 18.3. The Morgan fingerprint density at radius 2 is 1.08 bits per heavy atom. The smallest absolute Gasteiger partial charge is 0.248 e. The summed E-state index contributed by atoms with van der Waals surface area (Å²) in [5, 5.41) is 12.0. The van der Waals surface area contributed by atoms with Gasteiger partial charge in [0.1, 0.15) is 0 Å². The first-order valence-electron chi connectivity index (χ1n) is 12.2. The Labute approximate surface area is 213 Å². The number of aromatic nitrogens is 3. The summed E-state index contributed by atoms with van der Waals surface area (Å²) in [5.74, 6) is 1.03. The van der Waals surface area contributed by atoms with E-state index in [1.807, 2.05) is 54.6 Å². The van der Waals surface area contributed by atoms with Gasteiger partial charge in [-0.15, -0.1) is 10.2 Å². The number of rotatable bonds is 4. The van der Waals surface area contributed by atoms with Crippen LogP contribution in [0.25, 0.3) is 67.0 Å². The maximum Gasteiger partial charge on any atom is 0.248 e. The van der Waals surface area contributed by atoms with Gasteiger partial charge in [-0.3, -0.25) is 0 Å². The molecule has 37 heavy (non-hydrogen) atoms.